The van der Waals surface area contributed by atoms with Gasteiger partial charge in [0, 0.05) is 5.41 Å². The molecule has 3 heteroatoms. The van der Waals surface area contributed by atoms with E-state index in [1.54, 1.807) is 13.2 Å². The number of furan rings is 1. The molecule has 0 aliphatic rings. The molecule has 0 spiro atoms. The highest BCUT2D eigenvalue weighted by Gasteiger charge is 2.27. The third-order valence-electron chi connectivity index (χ3n) is 2.04. The maximum absolute atomic E-state index is 9.32. The van der Waals surface area contributed by atoms with E-state index in [0.29, 0.717) is 6.42 Å². The van der Waals surface area contributed by atoms with Crippen molar-refractivity contribution in [3.8, 4) is 0 Å². The molecule has 0 radical (unpaired) electrons. The fraction of sp³-hybridized carbons (Fsp3) is 0.600. The van der Waals surface area contributed by atoms with Crippen LogP contribution in [0.2, 0.25) is 0 Å². The Bertz CT molecular complexity index is 276. The van der Waals surface area contributed by atoms with Gasteiger partial charge in [0.15, 0.2) is 0 Å². The molecule has 0 saturated carbocycles. The second-order valence-corrected chi connectivity index (χ2v) is 4.89. The van der Waals surface area contributed by atoms with Crippen LogP contribution in [0.25, 0.3) is 0 Å². The monoisotopic (exact) mass is 246 g/mol. The third-order valence-corrected chi connectivity index (χ3v) is 2.66. The zero-order valence-corrected chi connectivity index (χ0v) is 9.76. The molecule has 13 heavy (non-hydrogen) atoms. The summed E-state index contributed by atoms with van der Waals surface area (Å²) in [4.78, 5) is 0. The lowest BCUT2D eigenvalue weighted by Gasteiger charge is -2.24. The SMILES string of the molecule is CC(O)CC(C)(C)c1occc1Br. The molecule has 0 aromatic carbocycles. The van der Waals surface area contributed by atoms with Crippen LogP contribution in [0.1, 0.15) is 33.0 Å². The van der Waals surface area contributed by atoms with Gasteiger partial charge in [-0.05, 0) is 35.3 Å². The van der Waals surface area contributed by atoms with Crippen molar-refractivity contribution in [3.05, 3.63) is 22.6 Å². The average molecular weight is 247 g/mol. The molecule has 1 atom stereocenters. The van der Waals surface area contributed by atoms with Crippen LogP contribution in [0.15, 0.2) is 21.2 Å². The maximum atomic E-state index is 9.32. The summed E-state index contributed by atoms with van der Waals surface area (Å²) < 4.78 is 6.34. The fourth-order valence-corrected chi connectivity index (χ4v) is 2.35. The molecule has 0 amide bonds. The standard InChI is InChI=1S/C10H15BrO2/c1-7(12)6-10(2,3)9-8(11)4-5-13-9/h4-5,7,12H,6H2,1-3H3. The first kappa shape index (κ1) is 10.8. The summed E-state index contributed by atoms with van der Waals surface area (Å²) >= 11 is 3.42. The van der Waals surface area contributed by atoms with Crippen LogP contribution in [0, 0.1) is 0 Å². The topological polar surface area (TPSA) is 33.4 Å². The molecule has 1 N–H and O–H groups in total. The molecule has 0 aliphatic carbocycles. The van der Waals surface area contributed by atoms with Gasteiger partial charge in [0.2, 0.25) is 0 Å². The molecule has 2 nitrogen and oxygen atoms in total. The van der Waals surface area contributed by atoms with Crippen molar-refractivity contribution in [1.82, 2.24) is 0 Å². The number of halogens is 1. The second kappa shape index (κ2) is 3.84. The average Bonchev–Trinajstić information content (AvgIpc) is 2.32. The molecule has 1 aromatic rings. The molecule has 1 rings (SSSR count). The van der Waals surface area contributed by atoms with Crippen molar-refractivity contribution >= 4 is 15.9 Å². The Hall–Kier alpha value is -0.280. The Morgan fingerprint density at radius 3 is 2.62 bits per heavy atom. The van der Waals surface area contributed by atoms with E-state index in [9.17, 15) is 5.11 Å². The van der Waals surface area contributed by atoms with Crippen molar-refractivity contribution in [1.29, 1.82) is 0 Å². The molecule has 74 valence electrons. The molecule has 1 unspecified atom stereocenters. The predicted octanol–water partition coefficient (Wildman–Crippen LogP) is 3.09. The van der Waals surface area contributed by atoms with Crippen molar-refractivity contribution in [2.45, 2.75) is 38.7 Å². The fourth-order valence-electron chi connectivity index (χ4n) is 1.61. The molecule has 0 bridgehead atoms. The first-order valence-electron chi connectivity index (χ1n) is 4.35. The second-order valence-electron chi connectivity index (χ2n) is 4.03. The van der Waals surface area contributed by atoms with E-state index in [0.717, 1.165) is 10.2 Å². The minimum atomic E-state index is -0.313. The molecule has 0 aliphatic heterocycles. The van der Waals surface area contributed by atoms with Crippen molar-refractivity contribution in [3.63, 3.8) is 0 Å². The van der Waals surface area contributed by atoms with Gasteiger partial charge in [-0.15, -0.1) is 0 Å². The van der Waals surface area contributed by atoms with Crippen molar-refractivity contribution in [2.24, 2.45) is 0 Å². The van der Waals surface area contributed by atoms with Gasteiger partial charge in [-0.1, -0.05) is 13.8 Å². The Morgan fingerprint density at radius 2 is 2.23 bits per heavy atom. The number of aliphatic hydroxyl groups is 1. The zero-order valence-electron chi connectivity index (χ0n) is 8.17. The third kappa shape index (κ3) is 2.58. The Labute approximate surface area is 87.1 Å². The van der Waals surface area contributed by atoms with Crippen LogP contribution in [-0.4, -0.2) is 11.2 Å². The Balaban J connectivity index is 2.87. The minimum Gasteiger partial charge on any atom is -0.468 e. The van der Waals surface area contributed by atoms with Gasteiger partial charge in [0.05, 0.1) is 16.8 Å². The van der Waals surface area contributed by atoms with Crippen LogP contribution in [0.4, 0.5) is 0 Å². The molecule has 1 aromatic heterocycles. The van der Waals surface area contributed by atoms with Gasteiger partial charge in [-0.25, -0.2) is 0 Å². The summed E-state index contributed by atoms with van der Waals surface area (Å²) in [5, 5.41) is 9.32. The zero-order chi connectivity index (χ0) is 10.1. The predicted molar refractivity (Wildman–Crippen MR) is 55.7 cm³/mol. The first-order valence-corrected chi connectivity index (χ1v) is 5.14. The van der Waals surface area contributed by atoms with Crippen molar-refractivity contribution < 1.29 is 9.52 Å². The van der Waals surface area contributed by atoms with Crippen LogP contribution in [0.5, 0.6) is 0 Å². The Kier molecular flexibility index (Phi) is 3.19. The summed E-state index contributed by atoms with van der Waals surface area (Å²) in [6.45, 7) is 5.91. The van der Waals surface area contributed by atoms with Crippen LogP contribution >= 0.6 is 15.9 Å². The quantitative estimate of drug-likeness (QED) is 0.890. The number of hydrogen-bond acceptors (Lipinski definition) is 2. The summed E-state index contributed by atoms with van der Waals surface area (Å²) in [6.07, 6.45) is 2.04. The largest absolute Gasteiger partial charge is 0.468 e. The van der Waals surface area contributed by atoms with Gasteiger partial charge in [0.25, 0.3) is 0 Å². The smallest absolute Gasteiger partial charge is 0.123 e. The van der Waals surface area contributed by atoms with Gasteiger partial charge in [-0.3, -0.25) is 0 Å². The van der Waals surface area contributed by atoms with E-state index in [1.165, 1.54) is 0 Å². The van der Waals surface area contributed by atoms with E-state index in [2.05, 4.69) is 29.8 Å². The molecule has 0 fully saturated rings. The van der Waals surface area contributed by atoms with E-state index in [4.69, 9.17) is 4.42 Å². The lowest BCUT2D eigenvalue weighted by atomic mass is 9.84. The van der Waals surface area contributed by atoms with Gasteiger partial charge in [-0.2, -0.15) is 0 Å². The Morgan fingerprint density at radius 1 is 1.62 bits per heavy atom. The molecular formula is C10H15BrO2. The highest BCUT2D eigenvalue weighted by Crippen LogP contribution is 2.34. The molecular weight excluding hydrogens is 232 g/mol. The minimum absolute atomic E-state index is 0.128. The highest BCUT2D eigenvalue weighted by atomic mass is 79.9. The summed E-state index contributed by atoms with van der Waals surface area (Å²) in [7, 11) is 0. The van der Waals surface area contributed by atoms with Gasteiger partial charge < -0.3 is 9.52 Å². The first-order chi connectivity index (χ1) is 5.93. The van der Waals surface area contributed by atoms with Crippen LogP contribution in [0.3, 0.4) is 0 Å². The molecule has 0 saturated heterocycles. The lowest BCUT2D eigenvalue weighted by Crippen LogP contribution is -2.22. The summed E-state index contributed by atoms with van der Waals surface area (Å²) in [6, 6.07) is 1.87. The normalized spacial score (nSPS) is 14.5. The maximum Gasteiger partial charge on any atom is 0.123 e. The van der Waals surface area contributed by atoms with Crippen LogP contribution in [-0.2, 0) is 5.41 Å². The number of aliphatic hydroxyl groups excluding tert-OH is 1. The number of hydrogen-bond donors (Lipinski definition) is 1. The summed E-state index contributed by atoms with van der Waals surface area (Å²) in [5.41, 5.74) is -0.128. The lowest BCUT2D eigenvalue weighted by molar-refractivity contribution is 0.148. The number of rotatable bonds is 3. The van der Waals surface area contributed by atoms with Crippen LogP contribution < -0.4 is 0 Å². The van der Waals surface area contributed by atoms with E-state index in [-0.39, 0.29) is 11.5 Å². The van der Waals surface area contributed by atoms with E-state index >= 15 is 0 Å². The van der Waals surface area contributed by atoms with E-state index in [1.807, 2.05) is 6.07 Å². The van der Waals surface area contributed by atoms with E-state index < -0.39 is 0 Å². The molecule has 1 heterocycles. The van der Waals surface area contributed by atoms with Gasteiger partial charge >= 0.3 is 0 Å². The van der Waals surface area contributed by atoms with Gasteiger partial charge in [0.1, 0.15) is 5.76 Å². The van der Waals surface area contributed by atoms with Crippen molar-refractivity contribution in [2.75, 3.05) is 0 Å². The highest BCUT2D eigenvalue weighted by molar-refractivity contribution is 9.10. The summed E-state index contributed by atoms with van der Waals surface area (Å²) in [5.74, 6) is 0.897.